The molecular formula is C19H16N2O. The molecule has 0 spiro atoms. The zero-order valence-electron chi connectivity index (χ0n) is 12.1. The molecule has 3 aromatic rings. The first kappa shape index (κ1) is 13.0. The fourth-order valence-corrected chi connectivity index (χ4v) is 2.83. The summed E-state index contributed by atoms with van der Waals surface area (Å²) in [6, 6.07) is 20.8. The van der Waals surface area contributed by atoms with E-state index in [1.165, 1.54) is 5.56 Å². The molecule has 0 radical (unpaired) electrons. The average molecular weight is 288 g/mol. The number of nitrogens with zero attached hydrogens (tertiary/aromatic N) is 2. The molecule has 0 N–H and O–H groups in total. The standard InChI is InChI=1S/C19H16N2O/c1-2-6-14(7-3-1)12-16-13-22-19(21-16)18-17-9-5-4-8-15(17)10-11-20-18/h1-11,16H,12-13H2/t16-/m0/s1. The number of benzene rings is 2. The number of rotatable bonds is 3. The van der Waals surface area contributed by atoms with Crippen LogP contribution < -0.4 is 0 Å². The van der Waals surface area contributed by atoms with Crippen molar-refractivity contribution in [1.82, 2.24) is 4.98 Å². The van der Waals surface area contributed by atoms with Gasteiger partial charge in [0.2, 0.25) is 5.90 Å². The third-order valence-electron chi connectivity index (χ3n) is 3.90. The topological polar surface area (TPSA) is 34.5 Å². The van der Waals surface area contributed by atoms with Gasteiger partial charge < -0.3 is 4.74 Å². The summed E-state index contributed by atoms with van der Waals surface area (Å²) in [5.41, 5.74) is 2.13. The van der Waals surface area contributed by atoms with Crippen LogP contribution >= 0.6 is 0 Å². The van der Waals surface area contributed by atoms with Crippen LogP contribution in [-0.4, -0.2) is 23.5 Å². The number of hydrogen-bond acceptors (Lipinski definition) is 3. The highest BCUT2D eigenvalue weighted by Crippen LogP contribution is 2.21. The molecular weight excluding hydrogens is 272 g/mol. The van der Waals surface area contributed by atoms with Crippen molar-refractivity contribution in [3.05, 3.63) is 78.1 Å². The van der Waals surface area contributed by atoms with Gasteiger partial charge >= 0.3 is 0 Å². The van der Waals surface area contributed by atoms with Crippen molar-refractivity contribution < 1.29 is 4.74 Å². The van der Waals surface area contributed by atoms with Gasteiger partial charge in [-0.25, -0.2) is 4.99 Å². The molecule has 22 heavy (non-hydrogen) atoms. The van der Waals surface area contributed by atoms with Crippen LogP contribution in [0, 0.1) is 0 Å². The molecule has 3 nitrogen and oxygen atoms in total. The number of aromatic nitrogens is 1. The highest BCUT2D eigenvalue weighted by Gasteiger charge is 2.22. The van der Waals surface area contributed by atoms with E-state index in [0.29, 0.717) is 12.5 Å². The SMILES string of the molecule is c1ccc(C[C@H]2COC(c3nccc4ccccc34)=N2)cc1. The van der Waals surface area contributed by atoms with Gasteiger partial charge in [-0.2, -0.15) is 0 Å². The van der Waals surface area contributed by atoms with E-state index in [9.17, 15) is 0 Å². The van der Waals surface area contributed by atoms with E-state index in [4.69, 9.17) is 9.73 Å². The lowest BCUT2D eigenvalue weighted by Gasteiger charge is -2.04. The van der Waals surface area contributed by atoms with Gasteiger partial charge in [0.05, 0.1) is 6.04 Å². The molecule has 0 saturated carbocycles. The Balaban J connectivity index is 1.64. The first-order valence-electron chi connectivity index (χ1n) is 7.49. The Kier molecular flexibility index (Phi) is 3.31. The van der Waals surface area contributed by atoms with Gasteiger partial charge in [-0.05, 0) is 23.4 Å². The Labute approximate surface area is 129 Å². The van der Waals surface area contributed by atoms with Crippen LogP contribution in [-0.2, 0) is 11.2 Å². The van der Waals surface area contributed by atoms with Crippen molar-refractivity contribution in [3.63, 3.8) is 0 Å². The molecule has 0 fully saturated rings. The van der Waals surface area contributed by atoms with Crippen LogP contribution in [0.25, 0.3) is 10.8 Å². The Morgan fingerprint density at radius 2 is 1.77 bits per heavy atom. The maximum Gasteiger partial charge on any atom is 0.236 e. The number of hydrogen-bond donors (Lipinski definition) is 0. The third-order valence-corrected chi connectivity index (χ3v) is 3.90. The van der Waals surface area contributed by atoms with Gasteiger partial charge in [0.25, 0.3) is 0 Å². The van der Waals surface area contributed by atoms with Crippen LogP contribution in [0.2, 0.25) is 0 Å². The molecule has 0 unspecified atom stereocenters. The zero-order chi connectivity index (χ0) is 14.8. The molecule has 4 rings (SSSR count). The number of ether oxygens (including phenoxy) is 1. The summed E-state index contributed by atoms with van der Waals surface area (Å²) in [5, 5.41) is 2.24. The third kappa shape index (κ3) is 2.46. The molecule has 108 valence electrons. The summed E-state index contributed by atoms with van der Waals surface area (Å²) in [4.78, 5) is 9.21. The molecule has 1 aliphatic rings. The average Bonchev–Trinajstić information content (AvgIpc) is 3.03. The lowest BCUT2D eigenvalue weighted by Crippen LogP contribution is -2.09. The highest BCUT2D eigenvalue weighted by atomic mass is 16.5. The second kappa shape index (κ2) is 5.60. The summed E-state index contributed by atoms with van der Waals surface area (Å²) in [7, 11) is 0. The van der Waals surface area contributed by atoms with Gasteiger partial charge in [0.1, 0.15) is 12.3 Å². The molecule has 0 saturated heterocycles. The second-order valence-corrected chi connectivity index (χ2v) is 5.47. The molecule has 0 aliphatic carbocycles. The quantitative estimate of drug-likeness (QED) is 0.737. The predicted octanol–water partition coefficient (Wildman–Crippen LogP) is 3.62. The van der Waals surface area contributed by atoms with Gasteiger partial charge in [0, 0.05) is 11.6 Å². The van der Waals surface area contributed by atoms with Crippen LogP contribution in [0.3, 0.4) is 0 Å². The van der Waals surface area contributed by atoms with E-state index in [1.54, 1.807) is 0 Å². The van der Waals surface area contributed by atoms with E-state index in [1.807, 2.05) is 30.5 Å². The van der Waals surface area contributed by atoms with Crippen molar-refractivity contribution in [3.8, 4) is 0 Å². The molecule has 3 heteroatoms. The van der Waals surface area contributed by atoms with Gasteiger partial charge in [0.15, 0.2) is 0 Å². The minimum Gasteiger partial charge on any atom is -0.474 e. The summed E-state index contributed by atoms with van der Waals surface area (Å²) >= 11 is 0. The van der Waals surface area contributed by atoms with Crippen LogP contribution in [0.15, 0.2) is 71.9 Å². The molecule has 0 amide bonds. The van der Waals surface area contributed by atoms with Crippen molar-refractivity contribution >= 4 is 16.7 Å². The normalized spacial score (nSPS) is 17.3. The van der Waals surface area contributed by atoms with E-state index in [2.05, 4.69) is 41.4 Å². The van der Waals surface area contributed by atoms with Crippen molar-refractivity contribution in [1.29, 1.82) is 0 Å². The first-order valence-corrected chi connectivity index (χ1v) is 7.49. The van der Waals surface area contributed by atoms with Crippen LogP contribution in [0.5, 0.6) is 0 Å². The van der Waals surface area contributed by atoms with Crippen molar-refractivity contribution in [2.45, 2.75) is 12.5 Å². The monoisotopic (exact) mass is 288 g/mol. The Hall–Kier alpha value is -2.68. The lowest BCUT2D eigenvalue weighted by atomic mass is 10.1. The molecule has 1 atom stereocenters. The molecule has 1 aliphatic heterocycles. The van der Waals surface area contributed by atoms with Crippen LogP contribution in [0.1, 0.15) is 11.3 Å². The second-order valence-electron chi connectivity index (χ2n) is 5.47. The van der Waals surface area contributed by atoms with E-state index in [0.717, 1.165) is 22.9 Å². The van der Waals surface area contributed by atoms with Gasteiger partial charge in [-0.15, -0.1) is 0 Å². The number of fused-ring (bicyclic) bond motifs is 1. The highest BCUT2D eigenvalue weighted by molar-refractivity contribution is 6.05. The van der Waals surface area contributed by atoms with Crippen LogP contribution in [0.4, 0.5) is 0 Å². The minimum atomic E-state index is 0.165. The van der Waals surface area contributed by atoms with E-state index >= 15 is 0 Å². The lowest BCUT2D eigenvalue weighted by molar-refractivity contribution is 0.316. The molecule has 2 heterocycles. The summed E-state index contributed by atoms with van der Waals surface area (Å²) in [5.74, 6) is 0.665. The molecule has 1 aromatic heterocycles. The zero-order valence-corrected chi connectivity index (χ0v) is 12.1. The Morgan fingerprint density at radius 3 is 2.68 bits per heavy atom. The summed E-state index contributed by atoms with van der Waals surface area (Å²) in [6.45, 7) is 0.620. The van der Waals surface area contributed by atoms with Gasteiger partial charge in [-0.3, -0.25) is 4.98 Å². The van der Waals surface area contributed by atoms with Crippen molar-refractivity contribution in [2.24, 2.45) is 4.99 Å². The Bertz CT molecular complexity index is 822. The van der Waals surface area contributed by atoms with Crippen molar-refractivity contribution in [2.75, 3.05) is 6.61 Å². The van der Waals surface area contributed by atoms with Gasteiger partial charge in [-0.1, -0.05) is 54.6 Å². The summed E-state index contributed by atoms with van der Waals surface area (Å²) in [6.07, 6.45) is 2.71. The smallest absolute Gasteiger partial charge is 0.236 e. The fourth-order valence-electron chi connectivity index (χ4n) is 2.83. The summed E-state index contributed by atoms with van der Waals surface area (Å²) < 4.78 is 5.82. The predicted molar refractivity (Wildman–Crippen MR) is 88.2 cm³/mol. The largest absolute Gasteiger partial charge is 0.474 e. The molecule has 2 aromatic carbocycles. The first-order chi connectivity index (χ1) is 10.9. The molecule has 0 bridgehead atoms. The fraction of sp³-hybridized carbons (Fsp3) is 0.158. The maximum absolute atomic E-state index is 5.82. The maximum atomic E-state index is 5.82. The van der Waals surface area contributed by atoms with E-state index < -0.39 is 0 Å². The van der Waals surface area contributed by atoms with E-state index in [-0.39, 0.29) is 6.04 Å². The minimum absolute atomic E-state index is 0.165. The Morgan fingerprint density at radius 1 is 0.955 bits per heavy atom. The number of pyridine rings is 1. The number of aliphatic imine (C=N–C) groups is 1.